The molecule has 0 aliphatic carbocycles. The van der Waals surface area contributed by atoms with Gasteiger partial charge in [-0.15, -0.1) is 0 Å². The van der Waals surface area contributed by atoms with Crippen LogP contribution in [-0.2, 0) is 0 Å². The Morgan fingerprint density at radius 1 is 1.00 bits per heavy atom. The average molecular weight is 358 g/mol. The highest BCUT2D eigenvalue weighted by molar-refractivity contribution is 6.30. The highest BCUT2D eigenvalue weighted by Crippen LogP contribution is 2.17. The summed E-state index contributed by atoms with van der Waals surface area (Å²) in [5.74, 6) is -1.44. The largest absolute Gasteiger partial charge is 0.271 e. The molecule has 0 aliphatic heterocycles. The number of rotatable bonds is 2. The molecule has 3 rings (SSSR count). The summed E-state index contributed by atoms with van der Waals surface area (Å²) >= 11 is 5.77. The van der Waals surface area contributed by atoms with Crippen LogP contribution in [-0.4, -0.2) is 16.8 Å². The van der Waals surface area contributed by atoms with Crippen molar-refractivity contribution in [2.75, 3.05) is 0 Å². The third-order valence-corrected chi connectivity index (χ3v) is 3.86. The topological polar surface area (TPSA) is 71.1 Å². The minimum absolute atomic E-state index is 0.245. The summed E-state index contributed by atoms with van der Waals surface area (Å²) in [5, 5.41) is 1.01. The van der Waals surface area contributed by atoms with E-state index in [2.05, 4.69) is 15.8 Å². The van der Waals surface area contributed by atoms with Gasteiger partial charge in [-0.25, -0.2) is 4.39 Å². The van der Waals surface area contributed by atoms with Crippen LogP contribution in [0.2, 0.25) is 5.02 Å². The van der Waals surface area contributed by atoms with Crippen LogP contribution in [0.5, 0.6) is 0 Å². The maximum Gasteiger partial charge on any atom is 0.271 e. The number of hydrogen-bond donors (Lipinski definition) is 2. The van der Waals surface area contributed by atoms with Crippen molar-refractivity contribution in [2.45, 2.75) is 6.92 Å². The molecule has 0 aliphatic rings. The zero-order chi connectivity index (χ0) is 18.0. The second-order valence-electron chi connectivity index (χ2n) is 5.37. The number of aryl methyl sites for hydroxylation is 1. The molecule has 0 spiro atoms. The number of nitrogens with one attached hydrogen (secondary N) is 2. The number of carbonyl (C=O) groups is 2. The van der Waals surface area contributed by atoms with Crippen molar-refractivity contribution in [3.63, 3.8) is 0 Å². The smallest absolute Gasteiger partial charge is 0.267 e. The number of halogens is 2. The van der Waals surface area contributed by atoms with Crippen molar-refractivity contribution in [3.8, 4) is 0 Å². The molecule has 3 aromatic rings. The van der Waals surface area contributed by atoms with Crippen LogP contribution in [0.3, 0.4) is 0 Å². The van der Waals surface area contributed by atoms with E-state index in [9.17, 15) is 14.0 Å². The van der Waals surface area contributed by atoms with E-state index in [0.717, 1.165) is 0 Å². The SMILES string of the molecule is Cc1nc2ccc(F)cc2cc1C(=O)NNC(=O)c1ccc(Cl)cc1. The number of amides is 2. The van der Waals surface area contributed by atoms with E-state index in [1.54, 1.807) is 25.1 Å². The molecular weight excluding hydrogens is 345 g/mol. The molecule has 0 bridgehead atoms. The number of hydrogen-bond acceptors (Lipinski definition) is 3. The van der Waals surface area contributed by atoms with Crippen molar-refractivity contribution in [1.82, 2.24) is 15.8 Å². The molecule has 0 fully saturated rings. The van der Waals surface area contributed by atoms with Crippen molar-refractivity contribution in [3.05, 3.63) is 76.2 Å². The van der Waals surface area contributed by atoms with Crippen molar-refractivity contribution in [1.29, 1.82) is 0 Å². The first-order chi connectivity index (χ1) is 11.9. The molecule has 1 heterocycles. The number of aromatic nitrogens is 1. The number of nitrogens with zero attached hydrogens (tertiary/aromatic N) is 1. The van der Waals surface area contributed by atoms with Crippen molar-refractivity contribution < 1.29 is 14.0 Å². The summed E-state index contributed by atoms with van der Waals surface area (Å²) in [6.45, 7) is 1.67. The lowest BCUT2D eigenvalue weighted by Crippen LogP contribution is -2.41. The van der Waals surface area contributed by atoms with Crippen LogP contribution in [0.4, 0.5) is 4.39 Å². The first-order valence-electron chi connectivity index (χ1n) is 7.37. The fourth-order valence-corrected chi connectivity index (χ4v) is 2.45. The van der Waals surface area contributed by atoms with E-state index in [1.807, 2.05) is 0 Å². The van der Waals surface area contributed by atoms with Crippen molar-refractivity contribution >= 4 is 34.3 Å². The summed E-state index contributed by atoms with van der Waals surface area (Å²) < 4.78 is 13.3. The van der Waals surface area contributed by atoms with Gasteiger partial charge in [0.05, 0.1) is 16.8 Å². The van der Waals surface area contributed by atoms with E-state index in [-0.39, 0.29) is 5.56 Å². The molecule has 0 unspecified atom stereocenters. The molecule has 2 N–H and O–H groups in total. The summed E-state index contributed by atoms with van der Waals surface area (Å²) in [6, 6.07) is 11.9. The fourth-order valence-electron chi connectivity index (χ4n) is 2.33. The molecule has 0 saturated carbocycles. The Labute approximate surface area is 147 Å². The Bertz CT molecular complexity index is 974. The number of carbonyl (C=O) groups excluding carboxylic acids is 2. The highest BCUT2D eigenvalue weighted by Gasteiger charge is 2.13. The van der Waals surface area contributed by atoms with Gasteiger partial charge < -0.3 is 0 Å². The number of benzene rings is 2. The minimum atomic E-state index is -0.543. The first-order valence-corrected chi connectivity index (χ1v) is 7.75. The first kappa shape index (κ1) is 16.9. The second-order valence-corrected chi connectivity index (χ2v) is 5.81. The zero-order valence-corrected chi connectivity index (χ0v) is 13.9. The molecule has 7 heteroatoms. The van der Waals surface area contributed by atoms with Crippen LogP contribution in [0.25, 0.3) is 10.9 Å². The Kier molecular flexibility index (Phi) is 4.63. The molecule has 25 heavy (non-hydrogen) atoms. The van der Waals surface area contributed by atoms with Gasteiger partial charge >= 0.3 is 0 Å². The van der Waals surface area contributed by atoms with Gasteiger partial charge in [0.2, 0.25) is 0 Å². The minimum Gasteiger partial charge on any atom is -0.267 e. The van der Waals surface area contributed by atoms with E-state index >= 15 is 0 Å². The van der Waals surface area contributed by atoms with Gasteiger partial charge in [0.1, 0.15) is 5.82 Å². The lowest BCUT2D eigenvalue weighted by molar-refractivity contribution is 0.0846. The highest BCUT2D eigenvalue weighted by atomic mass is 35.5. The van der Waals surface area contributed by atoms with Gasteiger partial charge in [-0.05, 0) is 55.5 Å². The standard InChI is InChI=1S/C18H13ClFN3O2/c1-10-15(9-12-8-14(20)6-7-16(12)21-10)18(25)23-22-17(24)11-2-4-13(19)5-3-11/h2-9H,1H3,(H,22,24)(H,23,25). The zero-order valence-electron chi connectivity index (χ0n) is 13.1. The number of hydrazine groups is 1. The molecular formula is C18H13ClFN3O2. The third-order valence-electron chi connectivity index (χ3n) is 3.61. The Morgan fingerprint density at radius 2 is 1.68 bits per heavy atom. The molecule has 0 saturated heterocycles. The van der Waals surface area contributed by atoms with Crippen LogP contribution < -0.4 is 10.9 Å². The summed E-state index contributed by atoms with van der Waals surface area (Å²) in [7, 11) is 0. The van der Waals surface area contributed by atoms with Gasteiger partial charge in [0.15, 0.2) is 0 Å². The summed E-state index contributed by atoms with van der Waals surface area (Å²) in [5.41, 5.74) is 6.29. The van der Waals surface area contributed by atoms with E-state index in [0.29, 0.717) is 27.2 Å². The van der Waals surface area contributed by atoms with Gasteiger partial charge in [-0.2, -0.15) is 0 Å². The number of fused-ring (bicyclic) bond motifs is 1. The van der Waals surface area contributed by atoms with Gasteiger partial charge in [0, 0.05) is 16.0 Å². The quantitative estimate of drug-likeness (QED) is 0.690. The molecule has 5 nitrogen and oxygen atoms in total. The summed E-state index contributed by atoms with van der Waals surface area (Å²) in [6.07, 6.45) is 0. The van der Waals surface area contributed by atoms with E-state index < -0.39 is 17.6 Å². The van der Waals surface area contributed by atoms with Gasteiger partial charge in [0.25, 0.3) is 11.8 Å². The average Bonchev–Trinajstić information content (AvgIpc) is 2.59. The van der Waals surface area contributed by atoms with Crippen LogP contribution in [0.15, 0.2) is 48.5 Å². The molecule has 2 aromatic carbocycles. The molecule has 0 radical (unpaired) electrons. The van der Waals surface area contributed by atoms with E-state index in [1.165, 1.54) is 30.3 Å². The number of pyridine rings is 1. The fraction of sp³-hybridized carbons (Fsp3) is 0.0556. The molecule has 126 valence electrons. The Balaban J connectivity index is 1.76. The van der Waals surface area contributed by atoms with Crippen molar-refractivity contribution in [2.24, 2.45) is 0 Å². The normalized spacial score (nSPS) is 10.5. The molecule has 1 aromatic heterocycles. The predicted octanol–water partition coefficient (Wildman–Crippen LogP) is 3.41. The van der Waals surface area contributed by atoms with Crippen LogP contribution in [0.1, 0.15) is 26.4 Å². The van der Waals surface area contributed by atoms with Crippen LogP contribution in [0, 0.1) is 12.7 Å². The van der Waals surface area contributed by atoms with Crippen LogP contribution >= 0.6 is 11.6 Å². The lowest BCUT2D eigenvalue weighted by Gasteiger charge is -2.10. The van der Waals surface area contributed by atoms with E-state index in [4.69, 9.17) is 11.6 Å². The van der Waals surface area contributed by atoms with Gasteiger partial charge in [-0.3, -0.25) is 25.4 Å². The lowest BCUT2D eigenvalue weighted by atomic mass is 10.1. The predicted molar refractivity (Wildman–Crippen MR) is 92.8 cm³/mol. The Morgan fingerprint density at radius 3 is 2.40 bits per heavy atom. The maximum atomic E-state index is 13.3. The maximum absolute atomic E-state index is 13.3. The monoisotopic (exact) mass is 357 g/mol. The second kappa shape index (κ2) is 6.86. The Hall–Kier alpha value is -2.99. The molecule has 2 amide bonds. The molecule has 0 atom stereocenters. The third kappa shape index (κ3) is 3.75. The van der Waals surface area contributed by atoms with Gasteiger partial charge in [-0.1, -0.05) is 11.6 Å². The summed E-state index contributed by atoms with van der Waals surface area (Å²) in [4.78, 5) is 28.6.